The number of hydrogen-bond donors (Lipinski definition) is 2. The summed E-state index contributed by atoms with van der Waals surface area (Å²) in [6.07, 6.45) is 0. The van der Waals surface area contributed by atoms with E-state index >= 15 is 0 Å². The van der Waals surface area contributed by atoms with E-state index in [1.165, 1.54) is 4.90 Å². The van der Waals surface area contributed by atoms with Crippen molar-refractivity contribution in [3.8, 4) is 0 Å². The van der Waals surface area contributed by atoms with Gasteiger partial charge in [-0.15, -0.1) is 12.4 Å². The molecule has 0 atom stereocenters. The van der Waals surface area contributed by atoms with Gasteiger partial charge in [-0.25, -0.2) is 0 Å². The minimum absolute atomic E-state index is 0. The molecule has 1 saturated heterocycles. The number of nitrogens with two attached hydrogens (primary N) is 1. The summed E-state index contributed by atoms with van der Waals surface area (Å²) < 4.78 is 0. The van der Waals surface area contributed by atoms with E-state index in [9.17, 15) is 14.4 Å². The van der Waals surface area contributed by atoms with Crippen LogP contribution in [0.1, 0.15) is 15.9 Å². The summed E-state index contributed by atoms with van der Waals surface area (Å²) in [5.41, 5.74) is 6.56. The number of nitrogens with one attached hydrogen (secondary N) is 1. The molecule has 0 saturated carbocycles. The molecule has 0 spiro atoms. The van der Waals surface area contributed by atoms with Gasteiger partial charge in [0.05, 0.1) is 12.3 Å². The topological polar surface area (TPSA) is 92.5 Å². The molecule has 2 rings (SSSR count). The minimum atomic E-state index is -0.243. The Bertz CT molecular complexity index is 537. The van der Waals surface area contributed by atoms with Gasteiger partial charge in [0.25, 0.3) is 11.1 Å². The van der Waals surface area contributed by atoms with Crippen molar-refractivity contribution in [2.24, 2.45) is 5.73 Å². The van der Waals surface area contributed by atoms with Crippen LogP contribution in [0.25, 0.3) is 0 Å². The van der Waals surface area contributed by atoms with Crippen LogP contribution in [0.3, 0.4) is 0 Å². The van der Waals surface area contributed by atoms with Crippen LogP contribution < -0.4 is 11.1 Å². The number of halogens is 1. The standard InChI is InChI=1S/C13H15N3O3S.ClH/c14-4-5-15-12(18)10-3-1-2-9(6-10)7-16-11(17)8-20-13(16)19;/h1-3,6H,4-5,7-8,14H2,(H,15,18);1H. The van der Waals surface area contributed by atoms with Crippen LogP contribution in [-0.4, -0.2) is 40.8 Å². The first kappa shape index (κ1) is 17.5. The summed E-state index contributed by atoms with van der Waals surface area (Å²) in [4.78, 5) is 36.1. The number of carbonyl (C=O) groups is 3. The first-order valence-corrected chi connectivity index (χ1v) is 7.14. The Morgan fingerprint density at radius 1 is 1.38 bits per heavy atom. The molecule has 1 aromatic carbocycles. The summed E-state index contributed by atoms with van der Waals surface area (Å²) in [5.74, 6) is -0.223. The Balaban J connectivity index is 0.00000220. The highest BCUT2D eigenvalue weighted by Gasteiger charge is 2.29. The van der Waals surface area contributed by atoms with E-state index in [2.05, 4.69) is 5.32 Å². The third kappa shape index (κ3) is 4.45. The maximum Gasteiger partial charge on any atom is 0.289 e. The van der Waals surface area contributed by atoms with E-state index in [-0.39, 0.29) is 41.8 Å². The molecule has 3 amide bonds. The van der Waals surface area contributed by atoms with Crippen molar-refractivity contribution in [3.05, 3.63) is 35.4 Å². The SMILES string of the molecule is Cl.NCCNC(=O)c1cccc(CN2C(=O)CSC2=O)c1. The summed E-state index contributed by atoms with van der Waals surface area (Å²) in [6, 6.07) is 6.86. The summed E-state index contributed by atoms with van der Waals surface area (Å²) in [5, 5.41) is 2.43. The Hall–Kier alpha value is -1.57. The van der Waals surface area contributed by atoms with Crippen molar-refractivity contribution in [2.45, 2.75) is 6.54 Å². The highest BCUT2D eigenvalue weighted by Crippen LogP contribution is 2.21. The molecule has 8 heteroatoms. The maximum atomic E-state index is 11.8. The van der Waals surface area contributed by atoms with Gasteiger partial charge in [0.2, 0.25) is 5.91 Å². The molecule has 0 unspecified atom stereocenters. The van der Waals surface area contributed by atoms with Gasteiger partial charge in [-0.2, -0.15) is 0 Å². The largest absolute Gasteiger partial charge is 0.351 e. The zero-order valence-electron chi connectivity index (χ0n) is 11.2. The zero-order chi connectivity index (χ0) is 14.5. The summed E-state index contributed by atoms with van der Waals surface area (Å²) in [6.45, 7) is 0.977. The summed E-state index contributed by atoms with van der Waals surface area (Å²) in [7, 11) is 0. The van der Waals surface area contributed by atoms with Crippen molar-refractivity contribution in [3.63, 3.8) is 0 Å². The second kappa shape index (κ2) is 8.02. The Kier molecular flexibility index (Phi) is 6.67. The van der Waals surface area contributed by atoms with Gasteiger partial charge in [0, 0.05) is 18.7 Å². The lowest BCUT2D eigenvalue weighted by atomic mass is 10.1. The molecular weight excluding hydrogens is 314 g/mol. The van der Waals surface area contributed by atoms with Crippen molar-refractivity contribution >= 4 is 41.2 Å². The van der Waals surface area contributed by atoms with Crippen LogP contribution in [0.15, 0.2) is 24.3 Å². The fraction of sp³-hybridized carbons (Fsp3) is 0.308. The normalized spacial score (nSPS) is 14.0. The predicted octanol–water partition coefficient (Wildman–Crippen LogP) is 0.992. The molecule has 0 radical (unpaired) electrons. The quantitative estimate of drug-likeness (QED) is 0.840. The van der Waals surface area contributed by atoms with Crippen LogP contribution in [0.5, 0.6) is 0 Å². The van der Waals surface area contributed by atoms with Gasteiger partial charge >= 0.3 is 0 Å². The number of nitrogens with zero attached hydrogens (tertiary/aromatic N) is 1. The third-order valence-corrected chi connectivity index (χ3v) is 3.66. The zero-order valence-corrected chi connectivity index (χ0v) is 12.8. The second-order valence-corrected chi connectivity index (χ2v) is 5.21. The number of imide groups is 1. The predicted molar refractivity (Wildman–Crippen MR) is 83.5 cm³/mol. The average molecular weight is 330 g/mol. The van der Waals surface area contributed by atoms with E-state index in [4.69, 9.17) is 5.73 Å². The van der Waals surface area contributed by atoms with Crippen molar-refractivity contribution in [1.82, 2.24) is 10.2 Å². The number of thioether (sulfide) groups is 1. The van der Waals surface area contributed by atoms with Crippen LogP contribution >= 0.6 is 24.2 Å². The van der Waals surface area contributed by atoms with E-state index in [1.807, 2.05) is 0 Å². The highest BCUT2D eigenvalue weighted by molar-refractivity contribution is 8.14. The lowest BCUT2D eigenvalue weighted by Gasteiger charge is -2.13. The fourth-order valence-corrected chi connectivity index (χ4v) is 2.54. The molecule has 0 aromatic heterocycles. The van der Waals surface area contributed by atoms with Crippen LogP contribution in [-0.2, 0) is 11.3 Å². The smallest absolute Gasteiger partial charge is 0.289 e. The number of benzene rings is 1. The number of amides is 3. The highest BCUT2D eigenvalue weighted by atomic mass is 35.5. The first-order valence-electron chi connectivity index (χ1n) is 6.16. The number of hydrogen-bond acceptors (Lipinski definition) is 5. The van der Waals surface area contributed by atoms with Crippen molar-refractivity contribution < 1.29 is 14.4 Å². The lowest BCUT2D eigenvalue weighted by molar-refractivity contribution is -0.125. The van der Waals surface area contributed by atoms with Gasteiger partial charge in [0.15, 0.2) is 0 Å². The molecular formula is C13H16ClN3O3S. The molecule has 6 nitrogen and oxygen atoms in total. The van der Waals surface area contributed by atoms with Crippen LogP contribution in [0, 0.1) is 0 Å². The van der Waals surface area contributed by atoms with Gasteiger partial charge in [-0.3, -0.25) is 19.3 Å². The minimum Gasteiger partial charge on any atom is -0.351 e. The lowest BCUT2D eigenvalue weighted by Crippen LogP contribution is -2.30. The van der Waals surface area contributed by atoms with E-state index in [0.29, 0.717) is 18.7 Å². The monoisotopic (exact) mass is 329 g/mol. The molecule has 1 heterocycles. The van der Waals surface area contributed by atoms with Gasteiger partial charge < -0.3 is 11.1 Å². The molecule has 1 aliphatic rings. The van der Waals surface area contributed by atoms with Crippen LogP contribution in [0.4, 0.5) is 4.79 Å². The van der Waals surface area contributed by atoms with Crippen molar-refractivity contribution in [1.29, 1.82) is 0 Å². The second-order valence-electron chi connectivity index (χ2n) is 4.28. The maximum absolute atomic E-state index is 11.8. The van der Waals surface area contributed by atoms with Gasteiger partial charge in [-0.05, 0) is 17.7 Å². The Morgan fingerprint density at radius 3 is 2.76 bits per heavy atom. The Morgan fingerprint density at radius 2 is 2.14 bits per heavy atom. The summed E-state index contributed by atoms with van der Waals surface area (Å²) >= 11 is 0.999. The molecule has 1 aliphatic heterocycles. The molecule has 0 aliphatic carbocycles. The Labute approximate surface area is 132 Å². The molecule has 114 valence electrons. The van der Waals surface area contributed by atoms with E-state index < -0.39 is 0 Å². The van der Waals surface area contributed by atoms with Crippen molar-refractivity contribution in [2.75, 3.05) is 18.8 Å². The van der Waals surface area contributed by atoms with Gasteiger partial charge in [0.1, 0.15) is 0 Å². The number of carbonyl (C=O) groups excluding carboxylic acids is 3. The third-order valence-electron chi connectivity index (χ3n) is 2.80. The number of rotatable bonds is 5. The molecule has 0 bridgehead atoms. The average Bonchev–Trinajstić information content (AvgIpc) is 2.77. The molecule has 3 N–H and O–H groups in total. The molecule has 1 fully saturated rings. The van der Waals surface area contributed by atoms with Crippen LogP contribution in [0.2, 0.25) is 0 Å². The van der Waals surface area contributed by atoms with E-state index in [1.54, 1.807) is 24.3 Å². The molecule has 21 heavy (non-hydrogen) atoms. The first-order chi connectivity index (χ1) is 9.61. The fourth-order valence-electron chi connectivity index (χ4n) is 1.82. The van der Waals surface area contributed by atoms with Gasteiger partial charge in [-0.1, -0.05) is 23.9 Å². The van der Waals surface area contributed by atoms with E-state index in [0.717, 1.165) is 17.3 Å². The molecule has 1 aromatic rings.